The summed E-state index contributed by atoms with van der Waals surface area (Å²) in [4.78, 5) is 61.9. The Hall–Kier alpha value is -4.82. The van der Waals surface area contributed by atoms with Crippen LogP contribution in [0.1, 0.15) is 67.3 Å². The maximum absolute atomic E-state index is 12.3. The predicted molar refractivity (Wildman–Crippen MR) is 200 cm³/mol. The molecule has 2 aromatic heterocycles. The van der Waals surface area contributed by atoms with Crippen LogP contribution in [0.2, 0.25) is 0 Å². The van der Waals surface area contributed by atoms with Crippen LogP contribution in [0, 0.1) is 13.8 Å². The molecule has 0 spiro atoms. The van der Waals surface area contributed by atoms with Crippen molar-refractivity contribution in [1.29, 1.82) is 0 Å². The molecule has 4 aliphatic rings. The van der Waals surface area contributed by atoms with E-state index in [0.29, 0.717) is 26.2 Å². The molecular weight excluding hydrogens is 701 g/mol. The SMILES string of the molecule is CC(=O)NCC1CN(c2ccc3c(c2)CCc2nc(C)sc2C3)C(=O)O1.CC(=O)NCC1CN(c2ccc3c(c2)Cc2sc(C)nc2CC3)C(=O)O1. The van der Waals surface area contributed by atoms with E-state index in [1.807, 2.05) is 19.1 Å². The number of rotatable bonds is 6. The van der Waals surface area contributed by atoms with Gasteiger partial charge in [-0.05, 0) is 86.1 Å². The highest BCUT2D eigenvalue weighted by Crippen LogP contribution is 2.33. The van der Waals surface area contributed by atoms with Gasteiger partial charge in [-0.25, -0.2) is 19.6 Å². The van der Waals surface area contributed by atoms with E-state index >= 15 is 0 Å². The molecule has 4 amide bonds. The Kier molecular flexibility index (Phi) is 10.3. The molecule has 2 aliphatic heterocycles. The molecule has 14 heteroatoms. The van der Waals surface area contributed by atoms with Crippen molar-refractivity contribution in [3.63, 3.8) is 0 Å². The second-order valence-electron chi connectivity index (χ2n) is 13.6. The second-order valence-corrected chi connectivity index (χ2v) is 16.1. The molecule has 2 saturated heterocycles. The van der Waals surface area contributed by atoms with E-state index in [2.05, 4.69) is 51.8 Å². The maximum Gasteiger partial charge on any atom is 0.414 e. The van der Waals surface area contributed by atoms with Gasteiger partial charge in [0, 0.05) is 47.8 Å². The average molecular weight is 743 g/mol. The summed E-state index contributed by atoms with van der Waals surface area (Å²) in [6.45, 7) is 8.59. The predicted octanol–water partition coefficient (Wildman–Crippen LogP) is 5.20. The molecule has 2 aromatic carbocycles. The fraction of sp³-hybridized carbons (Fsp3) is 0.421. The van der Waals surface area contributed by atoms with Gasteiger partial charge < -0.3 is 20.1 Å². The minimum absolute atomic E-state index is 0.124. The molecule has 0 radical (unpaired) electrons. The van der Waals surface area contributed by atoms with Crippen molar-refractivity contribution in [3.05, 3.63) is 89.8 Å². The summed E-state index contributed by atoms with van der Waals surface area (Å²) in [6.07, 6.45) is 4.23. The van der Waals surface area contributed by atoms with Crippen LogP contribution in [0.3, 0.4) is 0 Å². The summed E-state index contributed by atoms with van der Waals surface area (Å²) in [7, 11) is 0. The van der Waals surface area contributed by atoms with Crippen LogP contribution in [0.5, 0.6) is 0 Å². The Labute approximate surface area is 310 Å². The Morgan fingerprint density at radius 2 is 1.15 bits per heavy atom. The molecule has 2 N–H and O–H groups in total. The molecule has 2 aliphatic carbocycles. The summed E-state index contributed by atoms with van der Waals surface area (Å²) in [5.74, 6) is -0.249. The van der Waals surface area contributed by atoms with Gasteiger partial charge in [-0.1, -0.05) is 12.1 Å². The van der Waals surface area contributed by atoms with E-state index in [1.165, 1.54) is 57.2 Å². The lowest BCUT2D eigenvalue weighted by Crippen LogP contribution is -2.33. The number of aromatic nitrogens is 2. The van der Waals surface area contributed by atoms with Crippen molar-refractivity contribution < 1.29 is 28.7 Å². The standard InChI is InChI=1S/2C19H21N3O3S/c1-11(23)20-9-16-10-22(19(24)25-16)15-5-3-14-8-18-17(21-12(2)26-18)6-4-13(14)7-15;1-11(23)20-9-16-10-22(19(24)25-16)15-5-3-13-4-6-17-18(8-14(13)7-15)26-12(2)21-17/h2*3,5,7,16H,4,6,8-10H2,1-2H3,(H,20,23). The first kappa shape index (κ1) is 35.6. The molecule has 8 rings (SSSR count). The number of hydrogen-bond acceptors (Lipinski definition) is 10. The molecule has 12 nitrogen and oxygen atoms in total. The molecule has 2 fully saturated rings. The Balaban J connectivity index is 0.000000162. The highest BCUT2D eigenvalue weighted by atomic mass is 32.1. The van der Waals surface area contributed by atoms with Crippen LogP contribution in [0.4, 0.5) is 21.0 Å². The molecule has 272 valence electrons. The lowest BCUT2D eigenvalue weighted by Gasteiger charge is -2.16. The van der Waals surface area contributed by atoms with Gasteiger partial charge in [0.05, 0.1) is 47.6 Å². The second kappa shape index (κ2) is 15.0. The number of anilines is 2. The van der Waals surface area contributed by atoms with Crippen LogP contribution in [-0.4, -0.2) is 72.4 Å². The smallest absolute Gasteiger partial charge is 0.414 e. The number of amides is 4. The number of cyclic esters (lactones) is 2. The highest BCUT2D eigenvalue weighted by Gasteiger charge is 2.34. The van der Waals surface area contributed by atoms with Crippen molar-refractivity contribution in [2.45, 2.75) is 78.4 Å². The van der Waals surface area contributed by atoms with Crippen molar-refractivity contribution in [2.75, 3.05) is 36.0 Å². The molecule has 0 bridgehead atoms. The van der Waals surface area contributed by atoms with Gasteiger partial charge in [0.25, 0.3) is 0 Å². The third-order valence-corrected chi connectivity index (χ3v) is 11.7. The number of hydrogen-bond donors (Lipinski definition) is 2. The number of benzene rings is 2. The number of ether oxygens (including phenoxy) is 2. The van der Waals surface area contributed by atoms with Crippen molar-refractivity contribution in [1.82, 2.24) is 20.6 Å². The Bertz CT molecular complexity index is 2040. The van der Waals surface area contributed by atoms with E-state index in [1.54, 1.807) is 32.5 Å². The molecule has 2 unspecified atom stereocenters. The molecule has 4 heterocycles. The van der Waals surface area contributed by atoms with Crippen molar-refractivity contribution >= 4 is 58.0 Å². The fourth-order valence-electron chi connectivity index (χ4n) is 7.11. The Morgan fingerprint density at radius 1 is 0.692 bits per heavy atom. The zero-order valence-corrected chi connectivity index (χ0v) is 31.4. The molecule has 4 aromatic rings. The minimum Gasteiger partial charge on any atom is -0.442 e. The third-order valence-electron chi connectivity index (χ3n) is 9.64. The van der Waals surface area contributed by atoms with E-state index in [-0.39, 0.29) is 36.2 Å². The normalized spacial score (nSPS) is 18.8. The van der Waals surface area contributed by atoms with E-state index in [9.17, 15) is 19.2 Å². The van der Waals surface area contributed by atoms with Crippen LogP contribution in [0.25, 0.3) is 0 Å². The van der Waals surface area contributed by atoms with Gasteiger partial charge in [-0.2, -0.15) is 0 Å². The van der Waals surface area contributed by atoms with Crippen LogP contribution in [0.15, 0.2) is 36.4 Å². The minimum atomic E-state index is -0.358. The number of fused-ring (bicyclic) bond motifs is 4. The number of thiazole rings is 2. The van der Waals surface area contributed by atoms with Gasteiger partial charge in [-0.15, -0.1) is 22.7 Å². The zero-order chi connectivity index (χ0) is 36.5. The quantitative estimate of drug-likeness (QED) is 0.275. The van der Waals surface area contributed by atoms with Gasteiger partial charge in [-0.3, -0.25) is 19.4 Å². The number of carbonyl (C=O) groups is 4. The molecule has 2 atom stereocenters. The molecule has 0 saturated carbocycles. The first-order valence-corrected chi connectivity index (χ1v) is 19.2. The van der Waals surface area contributed by atoms with Crippen LogP contribution < -0.4 is 20.4 Å². The summed E-state index contributed by atoms with van der Waals surface area (Å²) in [5.41, 5.74) is 9.27. The van der Waals surface area contributed by atoms with Crippen molar-refractivity contribution in [2.24, 2.45) is 0 Å². The van der Waals surface area contributed by atoms with Crippen molar-refractivity contribution in [3.8, 4) is 0 Å². The highest BCUT2D eigenvalue weighted by molar-refractivity contribution is 7.12. The lowest BCUT2D eigenvalue weighted by molar-refractivity contribution is -0.120. The largest absolute Gasteiger partial charge is 0.442 e. The summed E-state index contributed by atoms with van der Waals surface area (Å²) >= 11 is 3.53. The molecular formula is C38H42N6O6S2. The average Bonchev–Trinajstić information content (AvgIpc) is 3.82. The number of aryl methyl sites for hydroxylation is 6. The Morgan fingerprint density at radius 3 is 1.67 bits per heavy atom. The number of carbonyl (C=O) groups excluding carboxylic acids is 4. The summed E-state index contributed by atoms with van der Waals surface area (Å²) in [6, 6.07) is 12.4. The van der Waals surface area contributed by atoms with Gasteiger partial charge in [0.2, 0.25) is 11.8 Å². The topological polar surface area (TPSA) is 143 Å². The fourth-order valence-corrected chi connectivity index (χ4v) is 9.12. The van der Waals surface area contributed by atoms with E-state index < -0.39 is 0 Å². The monoisotopic (exact) mass is 742 g/mol. The summed E-state index contributed by atoms with van der Waals surface area (Å²) in [5, 5.41) is 7.64. The lowest BCUT2D eigenvalue weighted by atomic mass is 10.0. The number of nitrogens with one attached hydrogen (secondary N) is 2. The third kappa shape index (κ3) is 7.97. The van der Waals surface area contributed by atoms with E-state index in [0.717, 1.165) is 59.9 Å². The maximum atomic E-state index is 12.3. The van der Waals surface area contributed by atoms with Crippen LogP contribution >= 0.6 is 22.7 Å². The van der Waals surface area contributed by atoms with Crippen LogP contribution in [-0.2, 0) is 57.6 Å². The molecule has 52 heavy (non-hydrogen) atoms. The summed E-state index contributed by atoms with van der Waals surface area (Å²) < 4.78 is 10.7. The number of nitrogens with zero attached hydrogens (tertiary/aromatic N) is 4. The van der Waals surface area contributed by atoms with E-state index in [4.69, 9.17) is 9.47 Å². The van der Waals surface area contributed by atoms with Gasteiger partial charge >= 0.3 is 12.2 Å². The van der Waals surface area contributed by atoms with Gasteiger partial charge in [0.15, 0.2) is 0 Å². The zero-order valence-electron chi connectivity index (χ0n) is 29.7. The first-order valence-electron chi connectivity index (χ1n) is 17.6. The van der Waals surface area contributed by atoms with Gasteiger partial charge in [0.1, 0.15) is 12.2 Å². The first-order chi connectivity index (χ1) is 25.0.